The summed E-state index contributed by atoms with van der Waals surface area (Å²) in [5, 5.41) is 3.37. The monoisotopic (exact) mass is 240 g/mol. The molecule has 0 amide bonds. The Kier molecular flexibility index (Phi) is 3.63. The van der Waals surface area contributed by atoms with Crippen LogP contribution >= 0.6 is 0 Å². The van der Waals surface area contributed by atoms with Gasteiger partial charge in [-0.05, 0) is 13.0 Å². The second kappa shape index (κ2) is 5.20. The van der Waals surface area contributed by atoms with Crippen molar-refractivity contribution < 1.29 is 4.74 Å². The SMILES string of the molecule is NC1CNCCC1N1CCN2CCOC[C@@H]2C1. The predicted molar refractivity (Wildman–Crippen MR) is 67.0 cm³/mol. The average molecular weight is 240 g/mol. The third kappa shape index (κ3) is 2.48. The minimum absolute atomic E-state index is 0.291. The molecule has 0 saturated carbocycles. The molecule has 3 atom stereocenters. The lowest BCUT2D eigenvalue weighted by molar-refractivity contribution is -0.0569. The summed E-state index contributed by atoms with van der Waals surface area (Å²) < 4.78 is 5.59. The maximum atomic E-state index is 6.23. The van der Waals surface area contributed by atoms with Crippen LogP contribution in [0.5, 0.6) is 0 Å². The quantitative estimate of drug-likeness (QED) is 0.596. The molecule has 3 N–H and O–H groups in total. The molecular weight excluding hydrogens is 216 g/mol. The van der Waals surface area contributed by atoms with Crippen LogP contribution in [0.3, 0.4) is 0 Å². The van der Waals surface area contributed by atoms with Crippen LogP contribution < -0.4 is 11.1 Å². The van der Waals surface area contributed by atoms with Crippen molar-refractivity contribution in [3.05, 3.63) is 0 Å². The molecule has 0 aliphatic carbocycles. The number of ether oxygens (including phenoxy) is 1. The van der Waals surface area contributed by atoms with Gasteiger partial charge in [0.05, 0.1) is 13.2 Å². The fourth-order valence-corrected chi connectivity index (χ4v) is 3.39. The first kappa shape index (κ1) is 11.9. The highest BCUT2D eigenvalue weighted by atomic mass is 16.5. The zero-order valence-electron chi connectivity index (χ0n) is 10.5. The molecule has 0 aromatic carbocycles. The Labute approximate surface area is 103 Å². The lowest BCUT2D eigenvalue weighted by Crippen LogP contribution is -2.64. The van der Waals surface area contributed by atoms with E-state index in [0.717, 1.165) is 39.4 Å². The first-order chi connectivity index (χ1) is 8.34. The zero-order valence-corrected chi connectivity index (χ0v) is 10.5. The van der Waals surface area contributed by atoms with E-state index in [1.165, 1.54) is 19.5 Å². The van der Waals surface area contributed by atoms with Crippen LogP contribution in [0.2, 0.25) is 0 Å². The molecule has 0 spiro atoms. The van der Waals surface area contributed by atoms with Gasteiger partial charge in [-0.25, -0.2) is 0 Å². The summed E-state index contributed by atoms with van der Waals surface area (Å²) >= 11 is 0. The van der Waals surface area contributed by atoms with E-state index in [1.807, 2.05) is 0 Å². The third-order valence-corrected chi connectivity index (χ3v) is 4.43. The highest BCUT2D eigenvalue weighted by molar-refractivity contribution is 4.93. The highest BCUT2D eigenvalue weighted by Gasteiger charge is 2.35. The number of piperidine rings is 1. The third-order valence-electron chi connectivity index (χ3n) is 4.43. The summed E-state index contributed by atoms with van der Waals surface area (Å²) in [4.78, 5) is 5.17. The number of nitrogens with one attached hydrogen (secondary N) is 1. The lowest BCUT2D eigenvalue weighted by atomic mass is 9.97. The van der Waals surface area contributed by atoms with E-state index in [-0.39, 0.29) is 0 Å². The molecule has 2 unspecified atom stereocenters. The number of nitrogens with zero attached hydrogens (tertiary/aromatic N) is 2. The summed E-state index contributed by atoms with van der Waals surface area (Å²) in [7, 11) is 0. The molecule has 0 bridgehead atoms. The summed E-state index contributed by atoms with van der Waals surface area (Å²) in [6, 6.07) is 1.46. The van der Waals surface area contributed by atoms with Gasteiger partial charge < -0.3 is 15.8 Å². The van der Waals surface area contributed by atoms with Crippen molar-refractivity contribution in [1.29, 1.82) is 0 Å². The molecule has 3 heterocycles. The Balaban J connectivity index is 1.60. The van der Waals surface area contributed by atoms with E-state index in [1.54, 1.807) is 0 Å². The van der Waals surface area contributed by atoms with Gasteiger partial charge in [0, 0.05) is 50.8 Å². The Bertz CT molecular complexity index is 263. The zero-order chi connectivity index (χ0) is 11.7. The predicted octanol–water partition coefficient (Wildman–Crippen LogP) is -1.31. The normalized spacial score (nSPS) is 41.1. The Hall–Kier alpha value is -0.200. The summed E-state index contributed by atoms with van der Waals surface area (Å²) in [6.45, 7) is 8.49. The molecule has 0 radical (unpaired) electrons. The molecule has 17 heavy (non-hydrogen) atoms. The van der Waals surface area contributed by atoms with E-state index in [0.29, 0.717) is 18.1 Å². The summed E-state index contributed by atoms with van der Waals surface area (Å²) in [5.74, 6) is 0. The molecule has 5 heteroatoms. The number of morpholine rings is 1. The second-order valence-corrected chi connectivity index (χ2v) is 5.48. The Morgan fingerprint density at radius 3 is 2.94 bits per heavy atom. The number of hydrogen-bond acceptors (Lipinski definition) is 5. The standard InChI is InChI=1S/C12H24N4O/c13-11-7-14-2-1-12(11)16-4-3-15-5-6-17-9-10(15)8-16/h10-12,14H,1-9,13H2/t10-,11?,12?/m0/s1. The van der Waals surface area contributed by atoms with Crippen molar-refractivity contribution in [2.24, 2.45) is 5.73 Å². The van der Waals surface area contributed by atoms with Crippen LogP contribution in [0.15, 0.2) is 0 Å². The maximum Gasteiger partial charge on any atom is 0.0634 e. The van der Waals surface area contributed by atoms with E-state index in [4.69, 9.17) is 10.5 Å². The van der Waals surface area contributed by atoms with Gasteiger partial charge in [0.15, 0.2) is 0 Å². The smallest absolute Gasteiger partial charge is 0.0634 e. The van der Waals surface area contributed by atoms with Crippen LogP contribution in [0.4, 0.5) is 0 Å². The van der Waals surface area contributed by atoms with Crippen LogP contribution in [0.1, 0.15) is 6.42 Å². The van der Waals surface area contributed by atoms with Gasteiger partial charge in [0.25, 0.3) is 0 Å². The van der Waals surface area contributed by atoms with Gasteiger partial charge in [0.2, 0.25) is 0 Å². The van der Waals surface area contributed by atoms with E-state index in [9.17, 15) is 0 Å². The van der Waals surface area contributed by atoms with Crippen LogP contribution in [0, 0.1) is 0 Å². The van der Waals surface area contributed by atoms with Gasteiger partial charge in [0.1, 0.15) is 0 Å². The summed E-state index contributed by atoms with van der Waals surface area (Å²) in [5.41, 5.74) is 6.23. The first-order valence-electron chi connectivity index (χ1n) is 6.87. The van der Waals surface area contributed by atoms with Gasteiger partial charge in [-0.3, -0.25) is 9.80 Å². The number of fused-ring (bicyclic) bond motifs is 1. The molecular formula is C12H24N4O. The number of hydrogen-bond donors (Lipinski definition) is 2. The van der Waals surface area contributed by atoms with Crippen LogP contribution in [-0.2, 0) is 4.74 Å². The largest absolute Gasteiger partial charge is 0.378 e. The average Bonchev–Trinajstić information content (AvgIpc) is 2.39. The highest BCUT2D eigenvalue weighted by Crippen LogP contribution is 2.19. The van der Waals surface area contributed by atoms with Crippen molar-refractivity contribution in [3.8, 4) is 0 Å². The van der Waals surface area contributed by atoms with Crippen molar-refractivity contribution >= 4 is 0 Å². The minimum atomic E-state index is 0.291. The number of nitrogens with two attached hydrogens (primary N) is 1. The molecule has 5 nitrogen and oxygen atoms in total. The molecule has 3 fully saturated rings. The van der Waals surface area contributed by atoms with E-state index < -0.39 is 0 Å². The van der Waals surface area contributed by atoms with Gasteiger partial charge >= 0.3 is 0 Å². The van der Waals surface area contributed by atoms with Gasteiger partial charge in [-0.2, -0.15) is 0 Å². The topological polar surface area (TPSA) is 53.8 Å². The number of rotatable bonds is 1. The van der Waals surface area contributed by atoms with Crippen molar-refractivity contribution in [3.63, 3.8) is 0 Å². The maximum absolute atomic E-state index is 6.23. The van der Waals surface area contributed by atoms with E-state index in [2.05, 4.69) is 15.1 Å². The molecule has 3 aliphatic heterocycles. The fraction of sp³-hybridized carbons (Fsp3) is 1.00. The van der Waals surface area contributed by atoms with E-state index >= 15 is 0 Å². The van der Waals surface area contributed by atoms with Crippen LogP contribution in [0.25, 0.3) is 0 Å². The van der Waals surface area contributed by atoms with Crippen LogP contribution in [-0.4, -0.2) is 80.4 Å². The molecule has 98 valence electrons. The molecule has 3 saturated heterocycles. The first-order valence-corrected chi connectivity index (χ1v) is 6.87. The minimum Gasteiger partial charge on any atom is -0.378 e. The second-order valence-electron chi connectivity index (χ2n) is 5.48. The Morgan fingerprint density at radius 2 is 2.06 bits per heavy atom. The Morgan fingerprint density at radius 1 is 1.18 bits per heavy atom. The van der Waals surface area contributed by atoms with Crippen molar-refractivity contribution in [2.75, 3.05) is 52.5 Å². The van der Waals surface area contributed by atoms with Gasteiger partial charge in [-0.1, -0.05) is 0 Å². The number of piperazine rings is 1. The van der Waals surface area contributed by atoms with Gasteiger partial charge in [-0.15, -0.1) is 0 Å². The molecule has 0 aromatic heterocycles. The fourth-order valence-electron chi connectivity index (χ4n) is 3.39. The van der Waals surface area contributed by atoms with Crippen molar-refractivity contribution in [1.82, 2.24) is 15.1 Å². The molecule has 3 rings (SSSR count). The van der Waals surface area contributed by atoms with Crippen molar-refractivity contribution in [2.45, 2.75) is 24.5 Å². The molecule has 0 aromatic rings. The molecule has 3 aliphatic rings. The summed E-state index contributed by atoms with van der Waals surface area (Å²) in [6.07, 6.45) is 1.19. The lowest BCUT2D eigenvalue weighted by Gasteiger charge is -2.48.